The van der Waals surface area contributed by atoms with E-state index in [2.05, 4.69) is 41.5 Å². The summed E-state index contributed by atoms with van der Waals surface area (Å²) in [6, 6.07) is 0. The van der Waals surface area contributed by atoms with E-state index >= 15 is 0 Å². The molecule has 10 nitrogen and oxygen atoms in total. The number of esters is 4. The van der Waals surface area contributed by atoms with E-state index in [1.54, 1.807) is 20.3 Å². The zero-order chi connectivity index (χ0) is 55.7. The summed E-state index contributed by atoms with van der Waals surface area (Å²) in [6.45, 7) is 30.9. The van der Waals surface area contributed by atoms with Crippen LogP contribution in [0.4, 0.5) is 0 Å². The van der Waals surface area contributed by atoms with Crippen molar-refractivity contribution in [3.63, 3.8) is 0 Å². The fourth-order valence-corrected chi connectivity index (χ4v) is 19.1. The minimum absolute atomic E-state index is 0.00465. The second-order valence-corrected chi connectivity index (χ2v) is 30.4. The maximum Gasteiger partial charge on any atom is 0.306 e. The zero-order valence-electron chi connectivity index (χ0n) is 51.2. The van der Waals surface area contributed by atoms with E-state index in [0.29, 0.717) is 60.4 Å². The lowest BCUT2D eigenvalue weighted by Gasteiger charge is -2.59. The van der Waals surface area contributed by atoms with Gasteiger partial charge in [0.15, 0.2) is 0 Å². The molecule has 0 atom stereocenters. The predicted molar refractivity (Wildman–Crippen MR) is 301 cm³/mol. The van der Waals surface area contributed by atoms with Gasteiger partial charge in [-0.3, -0.25) is 19.2 Å². The molecule has 16 aliphatic rings. The minimum atomic E-state index is -0.328. The minimum Gasteiger partial charge on any atom is -0.460 e. The Balaban J connectivity index is 0.000000135. The molecule has 0 aromatic rings. The largest absolute Gasteiger partial charge is 0.460 e. The lowest BCUT2D eigenvalue weighted by Crippen LogP contribution is -2.57. The average molecular weight is 1070 g/mol. The smallest absolute Gasteiger partial charge is 0.306 e. The van der Waals surface area contributed by atoms with Crippen LogP contribution >= 0.6 is 0 Å². The Morgan fingerprint density at radius 3 is 1.03 bits per heavy atom. The predicted octanol–water partition coefficient (Wildman–Crippen LogP) is 15.6. The molecule has 0 heterocycles. The number of carbonyl (C=O) groups excluding carboxylic acids is 4. The summed E-state index contributed by atoms with van der Waals surface area (Å²) in [6.07, 6.45) is 31.9. The summed E-state index contributed by atoms with van der Waals surface area (Å²) >= 11 is 0. The van der Waals surface area contributed by atoms with E-state index in [1.807, 2.05) is 48.5 Å². The molecular formula is C66H112O10. The summed E-state index contributed by atoms with van der Waals surface area (Å²) in [4.78, 5) is 43.6. The molecule has 0 aromatic carbocycles. The summed E-state index contributed by atoms with van der Waals surface area (Å²) in [7, 11) is 0. The molecule has 0 spiro atoms. The van der Waals surface area contributed by atoms with Gasteiger partial charge in [-0.2, -0.15) is 0 Å². The molecule has 16 fully saturated rings. The van der Waals surface area contributed by atoms with Crippen LogP contribution < -0.4 is 0 Å². The normalized spacial score (nSPS) is 41.7. The van der Waals surface area contributed by atoms with E-state index < -0.39 is 0 Å². The highest BCUT2D eigenvalue weighted by Crippen LogP contribution is 2.62. The van der Waals surface area contributed by atoms with Gasteiger partial charge in [-0.05, 0) is 307 Å². The van der Waals surface area contributed by atoms with Crippen LogP contribution in [-0.2, 0) is 47.6 Å². The van der Waals surface area contributed by atoms with Gasteiger partial charge in [0.2, 0.25) is 0 Å². The summed E-state index contributed by atoms with van der Waals surface area (Å²) in [5, 5.41) is 0. The van der Waals surface area contributed by atoms with E-state index in [4.69, 9.17) is 28.4 Å². The quantitative estimate of drug-likeness (QED) is 0.171. The number of hydrogen-bond acceptors (Lipinski definition) is 10. The lowest BCUT2D eigenvalue weighted by atomic mass is 9.50. The Morgan fingerprint density at radius 2 is 0.763 bits per heavy atom. The molecule has 0 aromatic heterocycles. The lowest BCUT2D eigenvalue weighted by molar-refractivity contribution is -0.203. The topological polar surface area (TPSA) is 124 Å². The Bertz CT molecular complexity index is 1810. The Labute approximate surface area is 463 Å². The number of ether oxygens (including phenoxy) is 6. The average Bonchev–Trinajstić information content (AvgIpc) is 3.26. The highest BCUT2D eigenvalue weighted by molar-refractivity contribution is 5.70. The SMILES string of the molecule is CC(=O)OC(C)(C)C.CC(=O)OC1(C)C2CC3CC(C2)CC1C3.CC(C)OC12CC3CC(CC(C3)C1)C2.CC(C)OC1C2CC3CC(C2)CC1C3.CCC(=O)OC(C)(C)C.CCC(=O)OC1(C)C2CC3CC(C2)CC1C3. The fourth-order valence-electron chi connectivity index (χ4n) is 19.1. The van der Waals surface area contributed by atoms with Gasteiger partial charge < -0.3 is 28.4 Å². The van der Waals surface area contributed by atoms with Crippen molar-refractivity contribution in [2.45, 2.75) is 305 Å². The first-order chi connectivity index (χ1) is 35.4. The number of carbonyl (C=O) groups is 4. The van der Waals surface area contributed by atoms with Gasteiger partial charge in [0.1, 0.15) is 22.4 Å². The molecule has 0 N–H and O–H groups in total. The highest BCUT2D eigenvalue weighted by atomic mass is 16.6. The van der Waals surface area contributed by atoms with Gasteiger partial charge in [0, 0.05) is 26.7 Å². The van der Waals surface area contributed by atoms with Crippen LogP contribution in [0.3, 0.4) is 0 Å². The van der Waals surface area contributed by atoms with Gasteiger partial charge in [-0.25, -0.2) is 0 Å². The van der Waals surface area contributed by atoms with Gasteiger partial charge >= 0.3 is 23.9 Å². The monoisotopic (exact) mass is 1060 g/mol. The fraction of sp³-hybridized carbons (Fsp3) is 0.939. The highest BCUT2D eigenvalue weighted by Gasteiger charge is 2.58. The Hall–Kier alpha value is -2.20. The van der Waals surface area contributed by atoms with Crippen LogP contribution in [0.15, 0.2) is 0 Å². The zero-order valence-corrected chi connectivity index (χ0v) is 51.2. The molecular weight excluding hydrogens is 953 g/mol. The van der Waals surface area contributed by atoms with Crippen LogP contribution in [0.25, 0.3) is 0 Å². The standard InChI is InChI=1S/C14H22O2.C13H20O2.2C13H22O.C7H14O2.C6H12O2/c1-3-13(15)16-14(2)11-5-9-4-10(7-11)8-12(14)6-9;1-8(14)15-13(2)11-4-9-3-10(6-11)7-12(13)5-9;1-9(2)14-13-6-10-3-11(7-13)5-12(4-10)8-13;1-8(2)14-13-11-4-9-3-10(6-11)7-12(13)5-9;1-5-6(8)9-7(2,3)4;1-5(7)8-6(2,3)4/h9-12H,3-8H2,1-2H3;9-12H,3-7H2,1-2H3;9-12H,3-8H2,1-2H3;8-13H,3-7H2,1-2H3;5H2,1-4H3;1-4H3. The van der Waals surface area contributed by atoms with E-state index in [-0.39, 0.29) is 46.3 Å². The Kier molecular flexibility index (Phi) is 20.1. The van der Waals surface area contributed by atoms with Crippen molar-refractivity contribution in [1.82, 2.24) is 0 Å². The third kappa shape index (κ3) is 16.0. The molecule has 0 saturated heterocycles. The van der Waals surface area contributed by atoms with Crippen molar-refractivity contribution >= 4 is 23.9 Å². The van der Waals surface area contributed by atoms with Gasteiger partial charge in [0.05, 0.1) is 23.9 Å². The van der Waals surface area contributed by atoms with Crippen LogP contribution in [0, 0.1) is 88.8 Å². The van der Waals surface area contributed by atoms with E-state index in [1.165, 1.54) is 135 Å². The molecule has 16 aliphatic carbocycles. The van der Waals surface area contributed by atoms with Gasteiger partial charge in [-0.15, -0.1) is 0 Å². The molecule has 10 heteroatoms. The summed E-state index contributed by atoms with van der Waals surface area (Å²) in [5.74, 6) is 12.9. The molecule has 16 rings (SSSR count). The van der Waals surface area contributed by atoms with Crippen molar-refractivity contribution in [2.75, 3.05) is 0 Å². The van der Waals surface area contributed by atoms with Crippen LogP contribution in [0.2, 0.25) is 0 Å². The van der Waals surface area contributed by atoms with Crippen molar-refractivity contribution < 1.29 is 47.6 Å². The van der Waals surface area contributed by atoms with E-state index in [0.717, 1.165) is 65.1 Å². The molecule has 0 unspecified atom stereocenters. The summed E-state index contributed by atoms with van der Waals surface area (Å²) < 4.78 is 33.6. The van der Waals surface area contributed by atoms with Crippen molar-refractivity contribution in [1.29, 1.82) is 0 Å². The number of hydrogen-bond donors (Lipinski definition) is 0. The molecule has 0 radical (unpaired) electrons. The Morgan fingerprint density at radius 1 is 0.434 bits per heavy atom. The second kappa shape index (κ2) is 24.9. The van der Waals surface area contributed by atoms with Crippen molar-refractivity contribution in [3.8, 4) is 0 Å². The van der Waals surface area contributed by atoms with Crippen LogP contribution in [0.5, 0.6) is 0 Å². The first kappa shape index (κ1) is 61.4. The molecule has 16 bridgehead atoms. The summed E-state index contributed by atoms with van der Waals surface area (Å²) in [5.41, 5.74) is -0.582. The molecule has 0 amide bonds. The molecule has 436 valence electrons. The first-order valence-electron chi connectivity index (χ1n) is 31.6. The third-order valence-electron chi connectivity index (χ3n) is 20.7. The molecule has 76 heavy (non-hydrogen) atoms. The molecule has 16 saturated carbocycles. The van der Waals surface area contributed by atoms with Crippen molar-refractivity contribution in [3.05, 3.63) is 0 Å². The van der Waals surface area contributed by atoms with Gasteiger partial charge in [0.25, 0.3) is 0 Å². The van der Waals surface area contributed by atoms with E-state index in [9.17, 15) is 19.2 Å². The van der Waals surface area contributed by atoms with Crippen molar-refractivity contribution in [2.24, 2.45) is 88.8 Å². The molecule has 0 aliphatic heterocycles. The third-order valence-corrected chi connectivity index (χ3v) is 20.7. The van der Waals surface area contributed by atoms with Crippen LogP contribution in [0.1, 0.15) is 258 Å². The second-order valence-electron chi connectivity index (χ2n) is 30.4. The number of rotatable bonds is 8. The van der Waals surface area contributed by atoms with Gasteiger partial charge in [-0.1, -0.05) is 13.8 Å². The first-order valence-corrected chi connectivity index (χ1v) is 31.6. The maximum atomic E-state index is 11.6. The van der Waals surface area contributed by atoms with Crippen LogP contribution in [-0.4, -0.2) is 70.2 Å². The maximum absolute atomic E-state index is 11.6.